The molecule has 112 valence electrons. The zero-order chi connectivity index (χ0) is 14.1. The van der Waals surface area contributed by atoms with E-state index in [1.54, 1.807) is 0 Å². The quantitative estimate of drug-likeness (QED) is 0.661. The van der Waals surface area contributed by atoms with E-state index < -0.39 is 4.92 Å². The molecule has 1 aromatic carbocycles. The zero-order valence-corrected chi connectivity index (χ0v) is 11.8. The summed E-state index contributed by atoms with van der Waals surface area (Å²) in [7, 11) is 0. The number of carbonyl (C=O) groups is 1. The third-order valence-electron chi connectivity index (χ3n) is 3.35. The van der Waals surface area contributed by atoms with Gasteiger partial charge in [-0.2, -0.15) is 0 Å². The summed E-state index contributed by atoms with van der Waals surface area (Å²) in [5, 5.41) is 17.2. The highest BCUT2D eigenvalue weighted by molar-refractivity contribution is 5.96. The topological polar surface area (TPSA) is 97.4 Å². The van der Waals surface area contributed by atoms with Crippen LogP contribution >= 0.6 is 12.4 Å². The molecule has 2 N–H and O–H groups in total. The maximum absolute atomic E-state index is 11.9. The Kier molecular flexibility index (Phi) is 4.44. The van der Waals surface area contributed by atoms with Crippen molar-refractivity contribution < 1.29 is 14.1 Å². The molecule has 1 amide bonds. The Morgan fingerprint density at radius 2 is 2.19 bits per heavy atom. The standard InChI is InChI=1S/C13H13N3O4.ClH/c17-13(15-7-8-5-14-6-8)12-4-9-3-10(16(18)19)1-2-11(9)20-12;/h1-4,8,14H,5-7H2,(H,15,17);1H. The first-order valence-electron chi connectivity index (χ1n) is 6.30. The van der Waals surface area contributed by atoms with Gasteiger partial charge >= 0.3 is 0 Å². The fourth-order valence-electron chi connectivity index (χ4n) is 2.07. The van der Waals surface area contributed by atoms with E-state index in [0.29, 0.717) is 23.4 Å². The van der Waals surface area contributed by atoms with E-state index in [0.717, 1.165) is 13.1 Å². The molecular weight excluding hydrogens is 298 g/mol. The normalized spacial score (nSPS) is 14.3. The van der Waals surface area contributed by atoms with Crippen LogP contribution < -0.4 is 10.6 Å². The van der Waals surface area contributed by atoms with Gasteiger partial charge in [0.15, 0.2) is 5.76 Å². The highest BCUT2D eigenvalue weighted by Crippen LogP contribution is 2.24. The third kappa shape index (κ3) is 3.14. The Balaban J connectivity index is 0.00000161. The van der Waals surface area contributed by atoms with Gasteiger partial charge in [-0.3, -0.25) is 14.9 Å². The third-order valence-corrected chi connectivity index (χ3v) is 3.35. The Morgan fingerprint density at radius 1 is 1.43 bits per heavy atom. The van der Waals surface area contributed by atoms with Crippen LogP contribution in [-0.4, -0.2) is 30.5 Å². The highest BCUT2D eigenvalue weighted by atomic mass is 35.5. The molecule has 0 bridgehead atoms. The number of carbonyl (C=O) groups excluding carboxylic acids is 1. The molecule has 0 spiro atoms. The number of hydrogen-bond donors (Lipinski definition) is 2. The van der Waals surface area contributed by atoms with E-state index in [1.807, 2.05) is 0 Å². The second-order valence-corrected chi connectivity index (χ2v) is 4.82. The lowest BCUT2D eigenvalue weighted by Crippen LogP contribution is -2.48. The summed E-state index contributed by atoms with van der Waals surface area (Å²) in [6, 6.07) is 5.77. The van der Waals surface area contributed by atoms with Crippen LogP contribution in [0.15, 0.2) is 28.7 Å². The van der Waals surface area contributed by atoms with Crippen molar-refractivity contribution in [1.29, 1.82) is 0 Å². The maximum Gasteiger partial charge on any atom is 0.287 e. The van der Waals surface area contributed by atoms with E-state index in [-0.39, 0.29) is 29.8 Å². The van der Waals surface area contributed by atoms with Crippen LogP contribution in [0.25, 0.3) is 11.0 Å². The number of nitro benzene ring substituents is 1. The molecule has 1 fully saturated rings. The molecule has 2 heterocycles. The SMILES string of the molecule is Cl.O=C(NCC1CNC1)c1cc2cc([N+](=O)[O-])ccc2o1. The minimum Gasteiger partial charge on any atom is -0.451 e. The van der Waals surface area contributed by atoms with Crippen molar-refractivity contribution in [3.63, 3.8) is 0 Å². The van der Waals surface area contributed by atoms with Crippen LogP contribution in [0.1, 0.15) is 10.6 Å². The molecular formula is C13H14ClN3O4. The molecule has 8 heteroatoms. The monoisotopic (exact) mass is 311 g/mol. The van der Waals surface area contributed by atoms with Crippen LogP contribution in [-0.2, 0) is 0 Å². The first-order chi connectivity index (χ1) is 9.63. The predicted molar refractivity (Wildman–Crippen MR) is 78.8 cm³/mol. The minimum absolute atomic E-state index is 0. The molecule has 7 nitrogen and oxygen atoms in total. The summed E-state index contributed by atoms with van der Waals surface area (Å²) in [6.07, 6.45) is 0. The number of nitrogens with zero attached hydrogens (tertiary/aromatic N) is 1. The number of nitro groups is 1. The lowest BCUT2D eigenvalue weighted by Gasteiger charge is -2.26. The van der Waals surface area contributed by atoms with Gasteiger partial charge in [-0.25, -0.2) is 0 Å². The molecule has 1 aliphatic rings. The van der Waals surface area contributed by atoms with Gasteiger partial charge in [0.1, 0.15) is 5.58 Å². The summed E-state index contributed by atoms with van der Waals surface area (Å²) < 4.78 is 5.40. The number of nitrogens with one attached hydrogen (secondary N) is 2. The number of fused-ring (bicyclic) bond motifs is 1. The van der Waals surface area contributed by atoms with Crippen molar-refractivity contribution >= 4 is 35.0 Å². The lowest BCUT2D eigenvalue weighted by atomic mass is 10.0. The van der Waals surface area contributed by atoms with E-state index in [4.69, 9.17) is 4.42 Å². The highest BCUT2D eigenvalue weighted by Gasteiger charge is 2.19. The van der Waals surface area contributed by atoms with Crippen LogP contribution in [0.3, 0.4) is 0 Å². The average Bonchev–Trinajstić information content (AvgIpc) is 2.79. The number of furan rings is 1. The second kappa shape index (κ2) is 6.11. The van der Waals surface area contributed by atoms with E-state index >= 15 is 0 Å². The Hall–Kier alpha value is -2.12. The van der Waals surface area contributed by atoms with E-state index in [2.05, 4.69) is 10.6 Å². The Labute approximate surface area is 126 Å². The van der Waals surface area contributed by atoms with Gasteiger partial charge in [-0.1, -0.05) is 0 Å². The second-order valence-electron chi connectivity index (χ2n) is 4.82. The van der Waals surface area contributed by atoms with Gasteiger partial charge in [0.25, 0.3) is 11.6 Å². The number of amides is 1. The fourth-order valence-corrected chi connectivity index (χ4v) is 2.07. The van der Waals surface area contributed by atoms with Gasteiger partial charge < -0.3 is 15.1 Å². The van der Waals surface area contributed by atoms with Gasteiger partial charge in [0.05, 0.1) is 4.92 Å². The minimum atomic E-state index is -0.476. The number of hydrogen-bond acceptors (Lipinski definition) is 5. The smallest absolute Gasteiger partial charge is 0.287 e. The van der Waals surface area contributed by atoms with Gasteiger partial charge in [0, 0.05) is 43.1 Å². The fraction of sp³-hybridized carbons (Fsp3) is 0.308. The first-order valence-corrected chi connectivity index (χ1v) is 6.30. The van der Waals surface area contributed by atoms with Crippen molar-refractivity contribution in [3.8, 4) is 0 Å². The molecule has 0 saturated carbocycles. The van der Waals surface area contributed by atoms with Crippen molar-refractivity contribution in [2.45, 2.75) is 0 Å². The molecule has 3 rings (SSSR count). The number of non-ortho nitro benzene ring substituents is 1. The lowest BCUT2D eigenvalue weighted by molar-refractivity contribution is -0.384. The van der Waals surface area contributed by atoms with E-state index in [1.165, 1.54) is 24.3 Å². The molecule has 2 aromatic rings. The van der Waals surface area contributed by atoms with E-state index in [9.17, 15) is 14.9 Å². The van der Waals surface area contributed by atoms with Gasteiger partial charge in [-0.15, -0.1) is 12.4 Å². The average molecular weight is 312 g/mol. The van der Waals surface area contributed by atoms with Gasteiger partial charge in [0.2, 0.25) is 0 Å². The number of halogens is 1. The summed E-state index contributed by atoms with van der Waals surface area (Å²) in [5.74, 6) is 0.341. The summed E-state index contributed by atoms with van der Waals surface area (Å²) in [4.78, 5) is 22.1. The molecule has 21 heavy (non-hydrogen) atoms. The first kappa shape index (κ1) is 15.3. The summed E-state index contributed by atoms with van der Waals surface area (Å²) >= 11 is 0. The largest absolute Gasteiger partial charge is 0.451 e. The summed E-state index contributed by atoms with van der Waals surface area (Å²) in [5.41, 5.74) is 0.442. The van der Waals surface area contributed by atoms with Crippen molar-refractivity contribution in [1.82, 2.24) is 10.6 Å². The molecule has 0 aliphatic carbocycles. The van der Waals surface area contributed by atoms with Crippen LogP contribution in [0, 0.1) is 16.0 Å². The Morgan fingerprint density at radius 3 is 2.81 bits per heavy atom. The molecule has 1 aromatic heterocycles. The maximum atomic E-state index is 11.9. The van der Waals surface area contributed by atoms with Crippen molar-refractivity contribution in [2.24, 2.45) is 5.92 Å². The molecule has 0 unspecified atom stereocenters. The molecule has 0 radical (unpaired) electrons. The predicted octanol–water partition coefficient (Wildman–Crippen LogP) is 1.71. The zero-order valence-electron chi connectivity index (χ0n) is 11.0. The number of rotatable bonds is 4. The number of benzene rings is 1. The molecule has 1 aliphatic heterocycles. The molecule has 0 atom stereocenters. The Bertz CT molecular complexity index is 681. The van der Waals surface area contributed by atoms with Crippen LogP contribution in [0.4, 0.5) is 5.69 Å². The van der Waals surface area contributed by atoms with Gasteiger partial charge in [-0.05, 0) is 12.1 Å². The van der Waals surface area contributed by atoms with Crippen LogP contribution in [0.2, 0.25) is 0 Å². The van der Waals surface area contributed by atoms with Crippen molar-refractivity contribution in [2.75, 3.05) is 19.6 Å². The molecule has 1 saturated heterocycles. The van der Waals surface area contributed by atoms with Crippen LogP contribution in [0.5, 0.6) is 0 Å². The van der Waals surface area contributed by atoms with Crippen molar-refractivity contribution in [3.05, 3.63) is 40.1 Å². The summed E-state index contributed by atoms with van der Waals surface area (Å²) in [6.45, 7) is 2.42.